The number of aromatic nitrogens is 1. The summed E-state index contributed by atoms with van der Waals surface area (Å²) in [5, 5.41) is 6.23. The van der Waals surface area contributed by atoms with Crippen LogP contribution in [0.1, 0.15) is 41.6 Å². The SMILES string of the molecule is CC(=O)N1CCN(Cc2sc(NC(=O)C(C)(C)NC(=O)c3ccc(C)cc3)nc2-c2ccccc2)CC1. The molecule has 0 atom stereocenters. The van der Waals surface area contributed by atoms with E-state index in [9.17, 15) is 14.4 Å². The van der Waals surface area contributed by atoms with E-state index in [0.29, 0.717) is 30.3 Å². The molecule has 3 aromatic rings. The van der Waals surface area contributed by atoms with Gasteiger partial charge in [-0.1, -0.05) is 59.4 Å². The second-order valence-corrected chi connectivity index (χ2v) is 10.9. The Morgan fingerprint density at radius 1 is 0.973 bits per heavy atom. The average Bonchev–Trinajstić information content (AvgIpc) is 3.26. The van der Waals surface area contributed by atoms with Crippen molar-refractivity contribution in [2.24, 2.45) is 0 Å². The molecule has 0 radical (unpaired) electrons. The molecule has 2 heterocycles. The summed E-state index contributed by atoms with van der Waals surface area (Å²) < 4.78 is 0. The van der Waals surface area contributed by atoms with Gasteiger partial charge >= 0.3 is 0 Å². The first-order chi connectivity index (χ1) is 17.6. The lowest BCUT2D eigenvalue weighted by Crippen LogP contribution is -2.52. The molecule has 37 heavy (non-hydrogen) atoms. The van der Waals surface area contributed by atoms with Gasteiger partial charge in [-0.2, -0.15) is 0 Å². The molecule has 0 spiro atoms. The van der Waals surface area contributed by atoms with E-state index in [4.69, 9.17) is 4.98 Å². The van der Waals surface area contributed by atoms with Gasteiger partial charge in [0, 0.05) is 55.7 Å². The zero-order valence-electron chi connectivity index (χ0n) is 21.7. The lowest BCUT2D eigenvalue weighted by Gasteiger charge is -2.34. The van der Waals surface area contributed by atoms with Crippen molar-refractivity contribution in [1.82, 2.24) is 20.1 Å². The molecule has 2 N–H and O–H groups in total. The summed E-state index contributed by atoms with van der Waals surface area (Å²) in [5.74, 6) is -0.554. The van der Waals surface area contributed by atoms with Crippen LogP contribution in [0.3, 0.4) is 0 Å². The van der Waals surface area contributed by atoms with Crippen LogP contribution in [0.2, 0.25) is 0 Å². The molecule has 194 valence electrons. The topological polar surface area (TPSA) is 94.6 Å². The maximum Gasteiger partial charge on any atom is 0.252 e. The van der Waals surface area contributed by atoms with Gasteiger partial charge in [0.25, 0.3) is 11.8 Å². The first kappa shape index (κ1) is 26.5. The Hall–Kier alpha value is -3.56. The third-order valence-corrected chi connectivity index (χ3v) is 7.41. The Morgan fingerprint density at radius 2 is 1.62 bits per heavy atom. The molecular weight excluding hydrogens is 486 g/mol. The Bertz CT molecular complexity index is 1260. The van der Waals surface area contributed by atoms with Gasteiger partial charge in [0.05, 0.1) is 5.69 Å². The monoisotopic (exact) mass is 519 g/mol. The van der Waals surface area contributed by atoms with Crippen molar-refractivity contribution in [3.8, 4) is 11.3 Å². The maximum atomic E-state index is 13.2. The smallest absolute Gasteiger partial charge is 0.252 e. The van der Waals surface area contributed by atoms with E-state index in [2.05, 4.69) is 15.5 Å². The van der Waals surface area contributed by atoms with Crippen LogP contribution in [0, 0.1) is 6.92 Å². The number of carbonyl (C=O) groups is 3. The normalized spacial score (nSPS) is 14.3. The minimum Gasteiger partial charge on any atom is -0.340 e. The molecule has 0 saturated carbocycles. The predicted molar refractivity (Wildman–Crippen MR) is 146 cm³/mol. The van der Waals surface area contributed by atoms with Crippen molar-refractivity contribution in [2.75, 3.05) is 31.5 Å². The number of hydrogen-bond acceptors (Lipinski definition) is 6. The highest BCUT2D eigenvalue weighted by atomic mass is 32.1. The van der Waals surface area contributed by atoms with Crippen molar-refractivity contribution in [3.05, 3.63) is 70.6 Å². The van der Waals surface area contributed by atoms with Crippen LogP contribution in [-0.2, 0) is 16.1 Å². The molecule has 0 aliphatic carbocycles. The lowest BCUT2D eigenvalue weighted by atomic mass is 10.0. The van der Waals surface area contributed by atoms with Gasteiger partial charge in [-0.25, -0.2) is 4.98 Å². The number of nitrogens with zero attached hydrogens (tertiary/aromatic N) is 3. The van der Waals surface area contributed by atoms with Crippen molar-refractivity contribution in [2.45, 2.75) is 39.8 Å². The van der Waals surface area contributed by atoms with E-state index in [1.54, 1.807) is 32.9 Å². The summed E-state index contributed by atoms with van der Waals surface area (Å²) in [4.78, 5) is 47.6. The Balaban J connectivity index is 1.49. The molecule has 1 aliphatic heterocycles. The maximum absolute atomic E-state index is 13.2. The van der Waals surface area contributed by atoms with Crippen molar-refractivity contribution in [1.29, 1.82) is 0 Å². The molecule has 0 unspecified atom stereocenters. The molecule has 1 fully saturated rings. The fourth-order valence-corrected chi connectivity index (χ4v) is 5.15. The highest BCUT2D eigenvalue weighted by molar-refractivity contribution is 7.16. The van der Waals surface area contributed by atoms with Gasteiger partial charge in [-0.05, 0) is 32.9 Å². The summed E-state index contributed by atoms with van der Waals surface area (Å²) >= 11 is 1.44. The second-order valence-electron chi connectivity index (χ2n) is 9.84. The van der Waals surface area contributed by atoms with E-state index >= 15 is 0 Å². The third-order valence-electron chi connectivity index (χ3n) is 6.46. The lowest BCUT2D eigenvalue weighted by molar-refractivity contribution is -0.130. The highest BCUT2D eigenvalue weighted by Gasteiger charge is 2.31. The Labute approximate surface area is 221 Å². The summed E-state index contributed by atoms with van der Waals surface area (Å²) in [6, 6.07) is 17.1. The van der Waals surface area contributed by atoms with Crippen LogP contribution < -0.4 is 10.6 Å². The van der Waals surface area contributed by atoms with E-state index in [-0.39, 0.29) is 17.7 Å². The molecule has 1 aromatic heterocycles. The minimum atomic E-state index is -1.15. The van der Waals surface area contributed by atoms with Gasteiger partial charge in [-0.15, -0.1) is 0 Å². The van der Waals surface area contributed by atoms with E-state index < -0.39 is 5.54 Å². The molecule has 9 heteroatoms. The number of rotatable bonds is 7. The Kier molecular flexibility index (Phi) is 8.04. The first-order valence-electron chi connectivity index (χ1n) is 12.4. The van der Waals surface area contributed by atoms with Crippen LogP contribution in [0.25, 0.3) is 11.3 Å². The number of benzene rings is 2. The number of hydrogen-bond donors (Lipinski definition) is 2. The summed E-state index contributed by atoms with van der Waals surface area (Å²) in [6.07, 6.45) is 0. The minimum absolute atomic E-state index is 0.101. The highest BCUT2D eigenvalue weighted by Crippen LogP contribution is 2.33. The largest absolute Gasteiger partial charge is 0.340 e. The van der Waals surface area contributed by atoms with E-state index in [0.717, 1.165) is 34.8 Å². The quantitative estimate of drug-likeness (QED) is 0.493. The van der Waals surface area contributed by atoms with Crippen molar-refractivity contribution >= 4 is 34.2 Å². The molecular formula is C28H33N5O3S. The Morgan fingerprint density at radius 3 is 2.24 bits per heavy atom. The van der Waals surface area contributed by atoms with Crippen LogP contribution in [0.5, 0.6) is 0 Å². The molecule has 3 amide bonds. The summed E-state index contributed by atoms with van der Waals surface area (Å²) in [6.45, 7) is 10.6. The molecule has 2 aromatic carbocycles. The second kappa shape index (κ2) is 11.2. The number of piperazine rings is 1. The van der Waals surface area contributed by atoms with Gasteiger partial charge in [0.2, 0.25) is 5.91 Å². The molecule has 1 aliphatic rings. The zero-order valence-corrected chi connectivity index (χ0v) is 22.5. The fraction of sp³-hybridized carbons (Fsp3) is 0.357. The molecule has 4 rings (SSSR count). The molecule has 1 saturated heterocycles. The summed E-state index contributed by atoms with van der Waals surface area (Å²) in [5.41, 5.74) is 2.21. The molecule has 0 bridgehead atoms. The van der Waals surface area contributed by atoms with Crippen LogP contribution in [0.15, 0.2) is 54.6 Å². The number of amides is 3. The van der Waals surface area contributed by atoms with Gasteiger partial charge in [-0.3, -0.25) is 24.6 Å². The predicted octanol–water partition coefficient (Wildman–Crippen LogP) is 3.93. The fourth-order valence-electron chi connectivity index (χ4n) is 4.13. The van der Waals surface area contributed by atoms with E-state index in [1.807, 2.05) is 54.3 Å². The molecule has 8 nitrogen and oxygen atoms in total. The average molecular weight is 520 g/mol. The van der Waals surface area contributed by atoms with Gasteiger partial charge in [0.1, 0.15) is 5.54 Å². The number of carbonyl (C=O) groups excluding carboxylic acids is 3. The van der Waals surface area contributed by atoms with Crippen LogP contribution >= 0.6 is 11.3 Å². The number of nitrogens with one attached hydrogen (secondary N) is 2. The van der Waals surface area contributed by atoms with Crippen LogP contribution in [-0.4, -0.2) is 64.2 Å². The van der Waals surface area contributed by atoms with Crippen LogP contribution in [0.4, 0.5) is 5.13 Å². The summed E-state index contributed by atoms with van der Waals surface area (Å²) in [7, 11) is 0. The number of aryl methyl sites for hydroxylation is 1. The van der Waals surface area contributed by atoms with E-state index in [1.165, 1.54) is 11.3 Å². The number of thiazole rings is 1. The zero-order chi connectivity index (χ0) is 26.6. The first-order valence-corrected chi connectivity index (χ1v) is 13.2. The van der Waals surface area contributed by atoms with Crippen molar-refractivity contribution < 1.29 is 14.4 Å². The van der Waals surface area contributed by atoms with Gasteiger partial charge in [0.15, 0.2) is 5.13 Å². The third kappa shape index (κ3) is 6.61. The standard InChI is InChI=1S/C28H33N5O3S/c1-19-10-12-22(13-11-19)25(35)31-28(3,4)26(36)30-27-29-24(21-8-6-5-7-9-21)23(37-27)18-32-14-16-33(17-15-32)20(2)34/h5-13H,14-18H2,1-4H3,(H,31,35)(H,29,30,36). The number of anilines is 1. The van der Waals surface area contributed by atoms with Gasteiger partial charge < -0.3 is 10.2 Å². The van der Waals surface area contributed by atoms with Crippen molar-refractivity contribution in [3.63, 3.8) is 0 Å².